The van der Waals surface area contributed by atoms with Gasteiger partial charge in [0.25, 0.3) is 0 Å². The zero-order valence-electron chi connectivity index (χ0n) is 11.4. The number of nitrogens with one attached hydrogen (secondary N) is 1. The van der Waals surface area contributed by atoms with Crippen molar-refractivity contribution >= 4 is 17.7 Å². The summed E-state index contributed by atoms with van der Waals surface area (Å²) in [5.41, 5.74) is 2.16. The highest BCUT2D eigenvalue weighted by Gasteiger charge is 2.06. The number of amides is 1. The van der Waals surface area contributed by atoms with Crippen LogP contribution in [0.2, 0.25) is 0 Å². The molecule has 0 aromatic heterocycles. The Bertz CT molecular complexity index is 667. The molecule has 0 saturated heterocycles. The first-order valence-electron chi connectivity index (χ1n) is 6.26. The number of rotatable bonds is 3. The number of anilines is 1. The molecule has 0 aliphatic carbocycles. The summed E-state index contributed by atoms with van der Waals surface area (Å²) in [5.74, 6) is -1.83. The molecule has 5 heteroatoms. The Morgan fingerprint density at radius 3 is 2.19 bits per heavy atom. The summed E-state index contributed by atoms with van der Waals surface area (Å²) in [6.45, 7) is 1.95. The standard InChI is InChI=1S/C16H15NO4/c1-10-2-5-12(6-3-10)17-15(20)7-4-11-8-13(18)16(21)14(19)9-11/h2-9,18-19,21H,1H3,(H,17,20)/b7-4+. The van der Waals surface area contributed by atoms with Crippen LogP contribution in [0.5, 0.6) is 17.2 Å². The zero-order valence-corrected chi connectivity index (χ0v) is 11.4. The van der Waals surface area contributed by atoms with E-state index >= 15 is 0 Å². The summed E-state index contributed by atoms with van der Waals surface area (Å²) in [6, 6.07) is 9.83. The van der Waals surface area contributed by atoms with E-state index < -0.39 is 17.2 Å². The van der Waals surface area contributed by atoms with Crippen molar-refractivity contribution in [3.8, 4) is 17.2 Å². The first kappa shape index (κ1) is 14.5. The van der Waals surface area contributed by atoms with Gasteiger partial charge in [-0.15, -0.1) is 0 Å². The van der Waals surface area contributed by atoms with Gasteiger partial charge in [-0.25, -0.2) is 0 Å². The molecule has 0 heterocycles. The minimum absolute atomic E-state index is 0.342. The summed E-state index contributed by atoms with van der Waals surface area (Å²) in [5, 5.41) is 30.6. The first-order chi connectivity index (χ1) is 9.95. The summed E-state index contributed by atoms with van der Waals surface area (Å²) < 4.78 is 0. The highest BCUT2D eigenvalue weighted by atomic mass is 16.3. The maximum atomic E-state index is 11.7. The fraction of sp³-hybridized carbons (Fsp3) is 0.0625. The van der Waals surface area contributed by atoms with Crippen LogP contribution in [0, 0.1) is 6.92 Å². The SMILES string of the molecule is Cc1ccc(NC(=O)/C=C/c2cc(O)c(O)c(O)c2)cc1. The van der Waals surface area contributed by atoms with E-state index in [0.717, 1.165) is 5.56 Å². The molecule has 0 unspecified atom stereocenters. The Hall–Kier alpha value is -2.95. The smallest absolute Gasteiger partial charge is 0.248 e. The van der Waals surface area contributed by atoms with Gasteiger partial charge in [0, 0.05) is 11.8 Å². The first-order valence-corrected chi connectivity index (χ1v) is 6.26. The second kappa shape index (κ2) is 6.00. The Balaban J connectivity index is 2.07. The molecule has 21 heavy (non-hydrogen) atoms. The Morgan fingerprint density at radius 1 is 1.05 bits per heavy atom. The summed E-state index contributed by atoms with van der Waals surface area (Å²) in [4.78, 5) is 11.7. The number of hydrogen-bond acceptors (Lipinski definition) is 4. The lowest BCUT2D eigenvalue weighted by Crippen LogP contribution is -2.07. The van der Waals surface area contributed by atoms with Crippen LogP contribution in [-0.2, 0) is 4.79 Å². The molecule has 108 valence electrons. The van der Waals surface area contributed by atoms with Crippen molar-refractivity contribution in [1.82, 2.24) is 0 Å². The van der Waals surface area contributed by atoms with Gasteiger partial charge in [-0.3, -0.25) is 4.79 Å². The molecule has 2 aromatic rings. The highest BCUT2D eigenvalue weighted by Crippen LogP contribution is 2.35. The number of carbonyl (C=O) groups excluding carboxylic acids is 1. The topological polar surface area (TPSA) is 89.8 Å². The number of aromatic hydroxyl groups is 3. The molecule has 0 aliphatic heterocycles. The molecule has 2 rings (SSSR count). The predicted molar refractivity (Wildman–Crippen MR) is 80.3 cm³/mol. The van der Waals surface area contributed by atoms with Crippen LogP contribution in [0.25, 0.3) is 6.08 Å². The Morgan fingerprint density at radius 2 is 1.62 bits per heavy atom. The molecule has 1 amide bonds. The fourth-order valence-electron chi connectivity index (χ4n) is 1.71. The molecule has 2 aromatic carbocycles. The molecule has 0 spiro atoms. The molecule has 4 N–H and O–H groups in total. The molecule has 0 saturated carbocycles. The van der Waals surface area contributed by atoms with E-state index in [1.807, 2.05) is 19.1 Å². The molecule has 0 atom stereocenters. The Labute approximate surface area is 121 Å². The summed E-state index contributed by atoms with van der Waals surface area (Å²) >= 11 is 0. The average molecular weight is 285 g/mol. The van der Waals surface area contributed by atoms with Gasteiger partial charge in [0.2, 0.25) is 5.91 Å². The van der Waals surface area contributed by atoms with Crippen molar-refractivity contribution in [2.24, 2.45) is 0 Å². The maximum Gasteiger partial charge on any atom is 0.248 e. The second-order valence-electron chi connectivity index (χ2n) is 4.60. The van der Waals surface area contributed by atoms with E-state index in [1.165, 1.54) is 24.3 Å². The Kier molecular flexibility index (Phi) is 4.13. The van der Waals surface area contributed by atoms with Crippen LogP contribution in [0.3, 0.4) is 0 Å². The van der Waals surface area contributed by atoms with E-state index in [2.05, 4.69) is 5.32 Å². The van der Waals surface area contributed by atoms with Gasteiger partial charge in [-0.2, -0.15) is 0 Å². The van der Waals surface area contributed by atoms with E-state index in [-0.39, 0.29) is 5.91 Å². The maximum absolute atomic E-state index is 11.7. The minimum Gasteiger partial charge on any atom is -0.504 e. The number of phenolic OH excluding ortho intramolecular Hbond substituents is 3. The predicted octanol–water partition coefficient (Wildman–Crippen LogP) is 2.76. The summed E-state index contributed by atoms with van der Waals surface area (Å²) in [6.07, 6.45) is 2.69. The molecule has 0 bridgehead atoms. The largest absolute Gasteiger partial charge is 0.504 e. The number of benzene rings is 2. The third-order valence-electron chi connectivity index (χ3n) is 2.84. The van der Waals surface area contributed by atoms with Crippen molar-refractivity contribution in [1.29, 1.82) is 0 Å². The lowest BCUT2D eigenvalue weighted by molar-refractivity contribution is -0.111. The lowest BCUT2D eigenvalue weighted by Gasteiger charge is -2.03. The lowest BCUT2D eigenvalue weighted by atomic mass is 10.1. The van der Waals surface area contributed by atoms with E-state index in [0.29, 0.717) is 11.3 Å². The van der Waals surface area contributed by atoms with Crippen molar-refractivity contribution < 1.29 is 20.1 Å². The van der Waals surface area contributed by atoms with Crippen LogP contribution >= 0.6 is 0 Å². The van der Waals surface area contributed by atoms with Gasteiger partial charge < -0.3 is 20.6 Å². The molecule has 0 aliphatic rings. The number of aryl methyl sites for hydroxylation is 1. The van der Waals surface area contributed by atoms with Crippen LogP contribution < -0.4 is 5.32 Å². The van der Waals surface area contributed by atoms with Crippen LogP contribution in [0.4, 0.5) is 5.69 Å². The monoisotopic (exact) mass is 285 g/mol. The molecular weight excluding hydrogens is 270 g/mol. The normalized spacial score (nSPS) is 10.7. The summed E-state index contributed by atoms with van der Waals surface area (Å²) in [7, 11) is 0. The average Bonchev–Trinajstić information content (AvgIpc) is 2.45. The number of phenols is 3. The third-order valence-corrected chi connectivity index (χ3v) is 2.84. The number of hydrogen-bond donors (Lipinski definition) is 4. The minimum atomic E-state index is -0.587. The van der Waals surface area contributed by atoms with Gasteiger partial charge in [0.05, 0.1) is 0 Å². The van der Waals surface area contributed by atoms with Crippen molar-refractivity contribution in [3.05, 3.63) is 53.6 Å². The van der Waals surface area contributed by atoms with Gasteiger partial charge in [-0.05, 0) is 42.8 Å². The van der Waals surface area contributed by atoms with Crippen molar-refractivity contribution in [2.45, 2.75) is 6.92 Å². The molecular formula is C16H15NO4. The third kappa shape index (κ3) is 3.76. The van der Waals surface area contributed by atoms with E-state index in [1.54, 1.807) is 12.1 Å². The second-order valence-corrected chi connectivity index (χ2v) is 4.60. The fourth-order valence-corrected chi connectivity index (χ4v) is 1.71. The van der Waals surface area contributed by atoms with E-state index in [4.69, 9.17) is 0 Å². The quantitative estimate of drug-likeness (QED) is 0.515. The molecule has 0 fully saturated rings. The van der Waals surface area contributed by atoms with Crippen LogP contribution in [0.1, 0.15) is 11.1 Å². The van der Waals surface area contributed by atoms with Crippen LogP contribution in [0.15, 0.2) is 42.5 Å². The van der Waals surface area contributed by atoms with Crippen molar-refractivity contribution in [3.63, 3.8) is 0 Å². The van der Waals surface area contributed by atoms with Gasteiger partial charge in [0.15, 0.2) is 17.2 Å². The highest BCUT2D eigenvalue weighted by molar-refractivity contribution is 6.02. The number of carbonyl (C=O) groups is 1. The molecule has 5 nitrogen and oxygen atoms in total. The molecule has 0 radical (unpaired) electrons. The van der Waals surface area contributed by atoms with Gasteiger partial charge in [0.1, 0.15) is 0 Å². The van der Waals surface area contributed by atoms with Gasteiger partial charge in [-0.1, -0.05) is 17.7 Å². The van der Waals surface area contributed by atoms with E-state index in [9.17, 15) is 20.1 Å². The van der Waals surface area contributed by atoms with Gasteiger partial charge >= 0.3 is 0 Å². The zero-order chi connectivity index (χ0) is 15.4. The van der Waals surface area contributed by atoms with Crippen molar-refractivity contribution in [2.75, 3.05) is 5.32 Å². The van der Waals surface area contributed by atoms with Crippen LogP contribution in [-0.4, -0.2) is 21.2 Å².